The first-order valence-corrected chi connectivity index (χ1v) is 7.08. The van der Waals surface area contributed by atoms with Crippen LogP contribution in [0.5, 0.6) is 0 Å². The average Bonchev–Trinajstić information content (AvgIpc) is 2.22. The molecule has 0 amide bonds. The van der Waals surface area contributed by atoms with E-state index in [-0.39, 0.29) is 11.4 Å². The number of rotatable bonds is 2. The van der Waals surface area contributed by atoms with Gasteiger partial charge in [-0.3, -0.25) is 0 Å². The van der Waals surface area contributed by atoms with Crippen LogP contribution in [0.15, 0.2) is 12.2 Å². The van der Waals surface area contributed by atoms with E-state index in [0.29, 0.717) is 10.8 Å². The predicted molar refractivity (Wildman–Crippen MR) is 71.0 cm³/mol. The van der Waals surface area contributed by atoms with Crippen LogP contribution in [0.2, 0.25) is 0 Å². The summed E-state index contributed by atoms with van der Waals surface area (Å²) in [5.74, 6) is 0.599. The maximum atomic E-state index is 11.9. The van der Waals surface area contributed by atoms with Crippen molar-refractivity contribution in [3.8, 4) is 0 Å². The van der Waals surface area contributed by atoms with Crippen molar-refractivity contribution in [3.63, 3.8) is 0 Å². The molecule has 100 valence electrons. The molecule has 0 aromatic rings. The molecule has 4 fully saturated rings. The lowest BCUT2D eigenvalue weighted by Crippen LogP contribution is -2.56. The van der Waals surface area contributed by atoms with Gasteiger partial charge >= 0.3 is 5.97 Å². The Balaban J connectivity index is 1.98. The maximum Gasteiger partial charge on any atom is 0.333 e. The molecule has 4 saturated carbocycles. The summed E-state index contributed by atoms with van der Waals surface area (Å²) < 4.78 is 4.93. The van der Waals surface area contributed by atoms with Crippen molar-refractivity contribution in [1.82, 2.24) is 0 Å². The smallest absolute Gasteiger partial charge is 0.333 e. The van der Waals surface area contributed by atoms with Crippen molar-refractivity contribution in [2.24, 2.45) is 22.2 Å². The summed E-state index contributed by atoms with van der Waals surface area (Å²) in [5.41, 5.74) is 1.62. The van der Waals surface area contributed by atoms with E-state index in [0.717, 1.165) is 30.8 Å². The number of carbonyl (C=O) groups is 1. The third kappa shape index (κ3) is 1.57. The van der Waals surface area contributed by atoms with Crippen LogP contribution >= 0.6 is 0 Å². The second-order valence-corrected chi connectivity index (χ2v) is 7.88. The molecular formula is C16H24O2. The van der Waals surface area contributed by atoms with Gasteiger partial charge in [0.05, 0.1) is 7.11 Å². The third-order valence-electron chi connectivity index (χ3n) is 5.70. The molecule has 18 heavy (non-hydrogen) atoms. The fraction of sp³-hybridized carbons (Fsp3) is 0.812. The van der Waals surface area contributed by atoms with Crippen LogP contribution in [-0.4, -0.2) is 13.1 Å². The topological polar surface area (TPSA) is 26.3 Å². The highest BCUT2D eigenvalue weighted by Crippen LogP contribution is 2.71. The van der Waals surface area contributed by atoms with Gasteiger partial charge in [0.25, 0.3) is 0 Å². The summed E-state index contributed by atoms with van der Waals surface area (Å²) in [6, 6.07) is 0. The third-order valence-corrected chi connectivity index (χ3v) is 5.70. The zero-order chi connectivity index (χ0) is 13.2. The Hall–Kier alpha value is -0.790. The Bertz CT molecular complexity index is 405. The highest BCUT2D eigenvalue weighted by molar-refractivity contribution is 5.89. The van der Waals surface area contributed by atoms with E-state index in [9.17, 15) is 4.79 Å². The summed E-state index contributed by atoms with van der Waals surface area (Å²) in [6.45, 7) is 8.93. The standard InChI is InChI=1S/C16H24O2/c1-11(13(17)18-4)16-7-12-5-14(2,9-16)8-15(3,6-12)10-16/h12H,1,5-10H2,2-4H3. The molecule has 0 N–H and O–H groups in total. The Morgan fingerprint density at radius 1 is 1.11 bits per heavy atom. The fourth-order valence-electron chi connectivity index (χ4n) is 6.12. The van der Waals surface area contributed by atoms with Gasteiger partial charge in [-0.05, 0) is 55.3 Å². The van der Waals surface area contributed by atoms with Gasteiger partial charge < -0.3 is 4.74 Å². The minimum atomic E-state index is -0.191. The number of carbonyl (C=O) groups excluding carboxylic acids is 1. The summed E-state index contributed by atoms with van der Waals surface area (Å²) >= 11 is 0. The molecule has 0 spiro atoms. The van der Waals surface area contributed by atoms with Gasteiger partial charge in [0.15, 0.2) is 0 Å². The molecule has 0 saturated heterocycles. The fourth-order valence-corrected chi connectivity index (χ4v) is 6.12. The number of hydrogen-bond acceptors (Lipinski definition) is 2. The van der Waals surface area contributed by atoms with Crippen LogP contribution in [-0.2, 0) is 9.53 Å². The zero-order valence-electron chi connectivity index (χ0n) is 11.8. The lowest BCUT2D eigenvalue weighted by molar-refractivity contribution is -0.150. The highest BCUT2D eigenvalue weighted by atomic mass is 16.5. The molecule has 0 heterocycles. The van der Waals surface area contributed by atoms with Gasteiger partial charge in [-0.25, -0.2) is 4.79 Å². The van der Waals surface area contributed by atoms with Gasteiger partial charge in [0, 0.05) is 11.0 Å². The molecule has 0 aromatic heterocycles. The van der Waals surface area contributed by atoms with E-state index in [1.54, 1.807) is 0 Å². The van der Waals surface area contributed by atoms with Crippen LogP contribution in [0.3, 0.4) is 0 Å². The minimum absolute atomic E-state index is 0.0377. The predicted octanol–water partition coefficient (Wildman–Crippen LogP) is 3.71. The molecule has 2 atom stereocenters. The Morgan fingerprint density at radius 3 is 2.11 bits per heavy atom. The molecule has 4 aliphatic rings. The molecule has 2 heteroatoms. The number of hydrogen-bond donors (Lipinski definition) is 0. The van der Waals surface area contributed by atoms with Gasteiger partial charge in [0.2, 0.25) is 0 Å². The van der Waals surface area contributed by atoms with Crippen molar-refractivity contribution >= 4 is 5.97 Å². The molecule has 4 bridgehead atoms. The highest BCUT2D eigenvalue weighted by Gasteiger charge is 2.61. The monoisotopic (exact) mass is 248 g/mol. The normalized spacial score (nSPS) is 49.2. The first-order chi connectivity index (χ1) is 8.30. The largest absolute Gasteiger partial charge is 0.466 e. The lowest BCUT2D eigenvalue weighted by Gasteiger charge is -2.65. The zero-order valence-corrected chi connectivity index (χ0v) is 11.8. The first kappa shape index (κ1) is 12.3. The van der Waals surface area contributed by atoms with Crippen LogP contribution < -0.4 is 0 Å². The molecule has 2 nitrogen and oxygen atoms in total. The van der Waals surface area contributed by atoms with Crippen molar-refractivity contribution in [1.29, 1.82) is 0 Å². The van der Waals surface area contributed by atoms with Crippen molar-refractivity contribution in [2.75, 3.05) is 7.11 Å². The first-order valence-electron chi connectivity index (χ1n) is 7.08. The van der Waals surface area contributed by atoms with E-state index in [1.807, 2.05) is 0 Å². The van der Waals surface area contributed by atoms with E-state index in [1.165, 1.54) is 26.4 Å². The number of methoxy groups -OCH3 is 1. The molecule has 4 aliphatic carbocycles. The van der Waals surface area contributed by atoms with E-state index >= 15 is 0 Å². The molecule has 0 aliphatic heterocycles. The van der Waals surface area contributed by atoms with E-state index < -0.39 is 0 Å². The van der Waals surface area contributed by atoms with Crippen LogP contribution in [0.25, 0.3) is 0 Å². The second-order valence-electron chi connectivity index (χ2n) is 7.88. The summed E-state index contributed by atoms with van der Waals surface area (Å²) in [4.78, 5) is 11.9. The lowest BCUT2D eigenvalue weighted by atomic mass is 9.39. The molecular weight excluding hydrogens is 224 g/mol. The van der Waals surface area contributed by atoms with Gasteiger partial charge in [-0.1, -0.05) is 20.4 Å². The molecule has 0 aromatic carbocycles. The number of ether oxygens (including phenoxy) is 1. The van der Waals surface area contributed by atoms with Crippen LogP contribution in [0.4, 0.5) is 0 Å². The summed E-state index contributed by atoms with van der Waals surface area (Å²) in [7, 11) is 1.47. The van der Waals surface area contributed by atoms with Gasteiger partial charge in [-0.2, -0.15) is 0 Å². The van der Waals surface area contributed by atoms with Crippen molar-refractivity contribution < 1.29 is 9.53 Å². The van der Waals surface area contributed by atoms with Gasteiger partial charge in [0.1, 0.15) is 0 Å². The summed E-state index contributed by atoms with van der Waals surface area (Å²) in [5, 5.41) is 0. The number of esters is 1. The SMILES string of the molecule is C=C(C(=O)OC)C12CC3CC(C)(CC(C)(C3)C1)C2. The van der Waals surface area contributed by atoms with Crippen molar-refractivity contribution in [3.05, 3.63) is 12.2 Å². The Kier molecular flexibility index (Phi) is 2.31. The Morgan fingerprint density at radius 2 is 1.67 bits per heavy atom. The summed E-state index contributed by atoms with van der Waals surface area (Å²) in [6.07, 6.45) is 7.45. The molecule has 4 rings (SSSR count). The van der Waals surface area contributed by atoms with Crippen LogP contribution in [0, 0.1) is 22.2 Å². The van der Waals surface area contributed by atoms with Crippen molar-refractivity contribution in [2.45, 2.75) is 52.4 Å². The average molecular weight is 248 g/mol. The minimum Gasteiger partial charge on any atom is -0.466 e. The van der Waals surface area contributed by atoms with Crippen LogP contribution in [0.1, 0.15) is 52.4 Å². The second kappa shape index (κ2) is 3.40. The quantitative estimate of drug-likeness (QED) is 0.550. The molecule has 2 unspecified atom stereocenters. The molecule has 0 radical (unpaired) electrons. The Labute approximate surface area is 110 Å². The van der Waals surface area contributed by atoms with E-state index in [2.05, 4.69) is 20.4 Å². The van der Waals surface area contributed by atoms with Gasteiger partial charge in [-0.15, -0.1) is 0 Å². The maximum absolute atomic E-state index is 11.9. The van der Waals surface area contributed by atoms with E-state index in [4.69, 9.17) is 4.74 Å².